The molecule has 1 aliphatic heterocycles. The number of oxazole rings is 1. The quantitative estimate of drug-likeness (QED) is 0.171. The van der Waals surface area contributed by atoms with Crippen LogP contribution >= 0.6 is 23.8 Å². The van der Waals surface area contributed by atoms with Crippen LogP contribution in [0.1, 0.15) is 23.2 Å². The fraction of sp³-hybridized carbons (Fsp3) is 0.160. The number of nitrogens with zero attached hydrogens (tertiary/aromatic N) is 3. The topological polar surface area (TPSA) is 134 Å². The minimum Gasteiger partial charge on any atom is -0.507 e. The van der Waals surface area contributed by atoms with E-state index in [0.29, 0.717) is 33.1 Å². The number of nitro benzene ring substituents is 1. The van der Waals surface area contributed by atoms with Gasteiger partial charge in [0.2, 0.25) is 5.89 Å². The second-order valence-electron chi connectivity index (χ2n) is 8.43. The van der Waals surface area contributed by atoms with Gasteiger partial charge in [-0.05, 0) is 67.5 Å². The monoisotopic (exact) mass is 537 g/mol. The molecule has 37 heavy (non-hydrogen) atoms. The lowest BCUT2D eigenvalue weighted by Gasteiger charge is -2.18. The Balaban J connectivity index is 1.28. The van der Waals surface area contributed by atoms with Crippen molar-refractivity contribution in [2.45, 2.75) is 12.8 Å². The van der Waals surface area contributed by atoms with Crippen LogP contribution in [0.15, 0.2) is 59.0 Å². The Labute approximate surface area is 221 Å². The van der Waals surface area contributed by atoms with Crippen molar-refractivity contribution in [2.24, 2.45) is 0 Å². The number of carbonyl (C=O) groups is 1. The molecule has 3 aromatic carbocycles. The average molecular weight is 538 g/mol. The summed E-state index contributed by atoms with van der Waals surface area (Å²) in [5, 5.41) is 27.9. The second kappa shape index (κ2) is 10.0. The predicted octanol–water partition coefficient (Wildman–Crippen LogP) is 5.49. The molecule has 4 aromatic rings. The van der Waals surface area contributed by atoms with Crippen molar-refractivity contribution >= 4 is 63.0 Å². The van der Waals surface area contributed by atoms with Crippen LogP contribution in [0, 0.1) is 10.1 Å². The van der Waals surface area contributed by atoms with Crippen LogP contribution in [0.2, 0.25) is 5.02 Å². The maximum absolute atomic E-state index is 12.7. The summed E-state index contributed by atoms with van der Waals surface area (Å²) in [6, 6.07) is 14.0. The summed E-state index contributed by atoms with van der Waals surface area (Å²) in [6.07, 6.45) is 1.94. The predicted molar refractivity (Wildman–Crippen MR) is 144 cm³/mol. The molecule has 1 saturated heterocycles. The third-order valence-corrected chi connectivity index (χ3v) is 6.38. The van der Waals surface area contributed by atoms with Crippen LogP contribution in [-0.2, 0) is 0 Å². The van der Waals surface area contributed by atoms with E-state index in [-0.39, 0.29) is 28.0 Å². The number of benzene rings is 3. The number of anilines is 2. The van der Waals surface area contributed by atoms with Gasteiger partial charge in [0.05, 0.1) is 10.5 Å². The zero-order chi connectivity index (χ0) is 26.1. The third-order valence-electron chi connectivity index (χ3n) is 5.94. The molecule has 1 aromatic heterocycles. The highest BCUT2D eigenvalue weighted by atomic mass is 35.5. The van der Waals surface area contributed by atoms with Gasteiger partial charge in [0, 0.05) is 41.5 Å². The number of hydrogen-bond acceptors (Lipinski definition) is 8. The number of aromatic hydroxyl groups is 1. The lowest BCUT2D eigenvalue weighted by molar-refractivity contribution is -0.384. The van der Waals surface area contributed by atoms with Gasteiger partial charge in [0.1, 0.15) is 17.0 Å². The first kappa shape index (κ1) is 24.5. The molecule has 10 nitrogen and oxygen atoms in total. The number of rotatable bonds is 5. The van der Waals surface area contributed by atoms with E-state index in [1.807, 2.05) is 4.90 Å². The number of thiocarbonyl (C=S) groups is 1. The molecule has 0 bridgehead atoms. The van der Waals surface area contributed by atoms with Gasteiger partial charge in [-0.1, -0.05) is 11.6 Å². The zero-order valence-electron chi connectivity index (χ0n) is 19.2. The van der Waals surface area contributed by atoms with Crippen molar-refractivity contribution < 1.29 is 19.2 Å². The summed E-state index contributed by atoms with van der Waals surface area (Å²) in [4.78, 5) is 30.1. The Morgan fingerprint density at radius 3 is 2.65 bits per heavy atom. The first-order valence-corrected chi connectivity index (χ1v) is 12.1. The Bertz CT molecular complexity index is 1550. The smallest absolute Gasteiger partial charge is 0.293 e. The van der Waals surface area contributed by atoms with Gasteiger partial charge in [0.15, 0.2) is 10.7 Å². The molecular formula is C25H20ClN5O5S. The highest BCUT2D eigenvalue weighted by Gasteiger charge is 2.24. The van der Waals surface area contributed by atoms with Crippen molar-refractivity contribution in [3.8, 4) is 17.2 Å². The highest BCUT2D eigenvalue weighted by molar-refractivity contribution is 7.80. The van der Waals surface area contributed by atoms with E-state index in [1.54, 1.807) is 36.4 Å². The molecule has 188 valence electrons. The molecule has 0 spiro atoms. The third kappa shape index (κ3) is 5.18. The Kier molecular flexibility index (Phi) is 6.64. The zero-order valence-corrected chi connectivity index (χ0v) is 20.8. The largest absolute Gasteiger partial charge is 0.507 e. The number of phenolic OH excluding ortho intramolecular Hbond substituents is 1. The molecule has 0 unspecified atom stereocenters. The first-order chi connectivity index (χ1) is 17.8. The lowest BCUT2D eigenvalue weighted by Crippen LogP contribution is -2.34. The van der Waals surface area contributed by atoms with Crippen molar-refractivity contribution in [3.63, 3.8) is 0 Å². The molecule has 3 N–H and O–H groups in total. The fourth-order valence-electron chi connectivity index (χ4n) is 4.18. The van der Waals surface area contributed by atoms with Crippen LogP contribution in [0.4, 0.5) is 17.1 Å². The Hall–Kier alpha value is -4.22. The molecule has 0 aliphatic carbocycles. The minimum absolute atomic E-state index is 0.0417. The maximum Gasteiger partial charge on any atom is 0.293 e. The van der Waals surface area contributed by atoms with Gasteiger partial charge < -0.3 is 19.7 Å². The van der Waals surface area contributed by atoms with Crippen LogP contribution in [-0.4, -0.2) is 39.1 Å². The maximum atomic E-state index is 12.7. The van der Waals surface area contributed by atoms with E-state index in [1.165, 1.54) is 18.2 Å². The Morgan fingerprint density at radius 1 is 1.14 bits per heavy atom. The molecule has 0 atom stereocenters. The van der Waals surface area contributed by atoms with Gasteiger partial charge in [-0.25, -0.2) is 4.98 Å². The molecule has 1 amide bonds. The number of carbonyl (C=O) groups excluding carboxylic acids is 1. The van der Waals surface area contributed by atoms with E-state index in [4.69, 9.17) is 28.2 Å². The molecule has 5 rings (SSSR count). The number of nitrogens with one attached hydrogen (secondary N) is 2. The van der Waals surface area contributed by atoms with E-state index >= 15 is 0 Å². The molecule has 1 fully saturated rings. The molecular weight excluding hydrogens is 518 g/mol. The van der Waals surface area contributed by atoms with Crippen LogP contribution in [0.5, 0.6) is 5.75 Å². The number of phenols is 1. The number of aromatic nitrogens is 1. The van der Waals surface area contributed by atoms with E-state index in [2.05, 4.69) is 15.6 Å². The summed E-state index contributed by atoms with van der Waals surface area (Å²) in [5.74, 6) is -0.499. The van der Waals surface area contributed by atoms with Crippen LogP contribution < -0.4 is 15.5 Å². The fourth-order valence-corrected chi connectivity index (χ4v) is 4.56. The Morgan fingerprint density at radius 2 is 1.92 bits per heavy atom. The standard InChI is InChI=1S/C25H20ClN5O5S/c26-15-4-8-22-18(12-15)28-24(36-22)17-6-5-16(13-21(17)32)27-25(37)29-23(33)14-3-7-19(20(11-14)31(34)35)30-9-1-2-10-30/h3-8,11-13,32H,1-2,9-10H2,(H2,27,29,33,37). The molecule has 0 radical (unpaired) electrons. The number of fused-ring (bicyclic) bond motifs is 1. The summed E-state index contributed by atoms with van der Waals surface area (Å²) >= 11 is 11.2. The number of amides is 1. The van der Waals surface area contributed by atoms with Gasteiger partial charge in [-0.15, -0.1) is 0 Å². The van der Waals surface area contributed by atoms with E-state index in [0.717, 1.165) is 25.9 Å². The van der Waals surface area contributed by atoms with Crippen molar-refractivity contribution in [1.29, 1.82) is 0 Å². The summed E-state index contributed by atoms with van der Waals surface area (Å²) < 4.78 is 5.70. The SMILES string of the molecule is O=C(NC(=S)Nc1ccc(-c2nc3cc(Cl)ccc3o2)c(O)c1)c1ccc(N2CCCC2)c([N+](=O)[O-])c1. The molecule has 0 saturated carbocycles. The number of halogens is 1. The summed E-state index contributed by atoms with van der Waals surface area (Å²) in [7, 11) is 0. The molecule has 1 aliphatic rings. The van der Waals surface area contributed by atoms with Gasteiger partial charge >= 0.3 is 0 Å². The van der Waals surface area contributed by atoms with E-state index in [9.17, 15) is 20.0 Å². The van der Waals surface area contributed by atoms with Crippen molar-refractivity contribution in [3.05, 3.63) is 75.3 Å². The molecule has 2 heterocycles. The first-order valence-electron chi connectivity index (χ1n) is 11.3. The van der Waals surface area contributed by atoms with E-state index < -0.39 is 10.8 Å². The lowest BCUT2D eigenvalue weighted by atomic mass is 10.1. The molecule has 12 heteroatoms. The minimum atomic E-state index is -0.598. The second-order valence-corrected chi connectivity index (χ2v) is 9.27. The van der Waals surface area contributed by atoms with Gasteiger partial charge in [-0.3, -0.25) is 20.2 Å². The highest BCUT2D eigenvalue weighted by Crippen LogP contribution is 2.34. The van der Waals surface area contributed by atoms with Crippen molar-refractivity contribution in [1.82, 2.24) is 10.3 Å². The number of nitro groups is 1. The van der Waals surface area contributed by atoms with Crippen LogP contribution in [0.3, 0.4) is 0 Å². The average Bonchev–Trinajstić information content (AvgIpc) is 3.53. The number of hydrogen-bond donors (Lipinski definition) is 3. The summed E-state index contributed by atoms with van der Waals surface area (Å²) in [5.41, 5.74) is 2.32. The van der Waals surface area contributed by atoms with Gasteiger partial charge in [0.25, 0.3) is 11.6 Å². The van der Waals surface area contributed by atoms with Gasteiger partial charge in [-0.2, -0.15) is 0 Å². The van der Waals surface area contributed by atoms with Crippen molar-refractivity contribution in [2.75, 3.05) is 23.3 Å². The summed E-state index contributed by atoms with van der Waals surface area (Å²) in [6.45, 7) is 1.49. The van der Waals surface area contributed by atoms with Crippen LogP contribution in [0.25, 0.3) is 22.6 Å². The normalized spacial score (nSPS) is 13.1.